The molecule has 150 valence electrons. The third-order valence-electron chi connectivity index (χ3n) is 5.73. The van der Waals surface area contributed by atoms with Crippen molar-refractivity contribution in [2.75, 3.05) is 18.0 Å². The molecular formula is C20H23N7O2. The second kappa shape index (κ2) is 7.31. The Balaban J connectivity index is 1.27. The van der Waals surface area contributed by atoms with Gasteiger partial charge in [-0.25, -0.2) is 14.3 Å². The third-order valence-corrected chi connectivity index (χ3v) is 5.73. The van der Waals surface area contributed by atoms with Crippen molar-refractivity contribution in [1.29, 1.82) is 0 Å². The Bertz CT molecular complexity index is 1110. The largest absolute Gasteiger partial charge is 0.352 e. The van der Waals surface area contributed by atoms with E-state index in [-0.39, 0.29) is 11.1 Å². The van der Waals surface area contributed by atoms with Crippen molar-refractivity contribution in [2.24, 2.45) is 5.92 Å². The van der Waals surface area contributed by atoms with Crippen molar-refractivity contribution in [3.8, 4) is 5.82 Å². The Labute approximate surface area is 167 Å². The Morgan fingerprint density at radius 2 is 1.83 bits per heavy atom. The highest BCUT2D eigenvalue weighted by atomic mass is 16.1. The van der Waals surface area contributed by atoms with E-state index in [4.69, 9.17) is 0 Å². The zero-order chi connectivity index (χ0) is 19.8. The van der Waals surface area contributed by atoms with Gasteiger partial charge in [-0.15, -0.1) is 5.10 Å². The number of rotatable bonds is 5. The minimum atomic E-state index is -0.111. The molecule has 0 amide bonds. The number of hydrogen-bond donors (Lipinski definition) is 0. The first-order valence-corrected chi connectivity index (χ1v) is 10.1. The molecule has 29 heavy (non-hydrogen) atoms. The zero-order valence-corrected chi connectivity index (χ0v) is 16.1. The molecule has 1 aliphatic heterocycles. The van der Waals surface area contributed by atoms with Gasteiger partial charge in [0, 0.05) is 56.5 Å². The van der Waals surface area contributed by atoms with Gasteiger partial charge in [0.1, 0.15) is 0 Å². The Morgan fingerprint density at radius 3 is 2.55 bits per heavy atom. The van der Waals surface area contributed by atoms with E-state index in [1.54, 1.807) is 35.5 Å². The van der Waals surface area contributed by atoms with Crippen LogP contribution in [-0.2, 0) is 6.54 Å². The molecule has 2 fully saturated rings. The van der Waals surface area contributed by atoms with E-state index in [2.05, 4.69) is 20.1 Å². The summed E-state index contributed by atoms with van der Waals surface area (Å²) in [6.07, 6.45) is 10.9. The van der Waals surface area contributed by atoms with Crippen LogP contribution in [0.3, 0.4) is 0 Å². The maximum atomic E-state index is 12.7. The van der Waals surface area contributed by atoms with Gasteiger partial charge in [0.2, 0.25) is 0 Å². The Hall–Kier alpha value is -3.23. The lowest BCUT2D eigenvalue weighted by Gasteiger charge is -2.32. The van der Waals surface area contributed by atoms with Gasteiger partial charge in [-0.2, -0.15) is 5.10 Å². The molecule has 0 unspecified atom stereocenters. The van der Waals surface area contributed by atoms with Crippen LogP contribution in [0.2, 0.25) is 0 Å². The van der Waals surface area contributed by atoms with Crippen LogP contribution in [0.15, 0.2) is 52.6 Å². The van der Waals surface area contributed by atoms with Gasteiger partial charge in [-0.1, -0.05) is 0 Å². The summed E-state index contributed by atoms with van der Waals surface area (Å²) in [5, 5.41) is 8.64. The number of nitrogens with zero attached hydrogens (tertiary/aromatic N) is 7. The topological polar surface area (TPSA) is 90.8 Å². The predicted octanol–water partition coefficient (Wildman–Crippen LogP) is 1.24. The van der Waals surface area contributed by atoms with Crippen LogP contribution >= 0.6 is 0 Å². The van der Waals surface area contributed by atoms with Crippen molar-refractivity contribution in [1.82, 2.24) is 29.1 Å². The normalized spacial score (nSPS) is 17.6. The smallest absolute Gasteiger partial charge is 0.293 e. The molecule has 0 N–H and O–H groups in total. The third kappa shape index (κ3) is 3.59. The molecule has 0 radical (unpaired) electrons. The quantitative estimate of drug-likeness (QED) is 0.648. The molecule has 9 heteroatoms. The molecule has 1 saturated carbocycles. The fourth-order valence-corrected chi connectivity index (χ4v) is 3.94. The van der Waals surface area contributed by atoms with Gasteiger partial charge in [-0.05, 0) is 43.7 Å². The van der Waals surface area contributed by atoms with Gasteiger partial charge in [0.05, 0.1) is 0 Å². The molecule has 0 atom stereocenters. The molecule has 0 bridgehead atoms. The second-order valence-electron chi connectivity index (χ2n) is 7.79. The van der Waals surface area contributed by atoms with Crippen LogP contribution in [0.5, 0.6) is 0 Å². The summed E-state index contributed by atoms with van der Waals surface area (Å²) in [6, 6.07) is 5.39. The van der Waals surface area contributed by atoms with Crippen LogP contribution < -0.4 is 16.0 Å². The lowest BCUT2D eigenvalue weighted by Crippen LogP contribution is -2.40. The van der Waals surface area contributed by atoms with Crippen molar-refractivity contribution >= 4 is 5.82 Å². The summed E-state index contributed by atoms with van der Waals surface area (Å²) in [6.45, 7) is 2.08. The minimum absolute atomic E-state index is 0.0123. The van der Waals surface area contributed by atoms with Crippen molar-refractivity contribution in [3.05, 3.63) is 63.7 Å². The highest BCUT2D eigenvalue weighted by Gasteiger charge is 2.28. The van der Waals surface area contributed by atoms with Crippen molar-refractivity contribution in [3.63, 3.8) is 0 Å². The number of piperidine rings is 1. The fourth-order valence-electron chi connectivity index (χ4n) is 3.94. The number of anilines is 1. The maximum absolute atomic E-state index is 12.7. The van der Waals surface area contributed by atoms with Crippen LogP contribution in [0.4, 0.5) is 5.82 Å². The first-order valence-electron chi connectivity index (χ1n) is 10.1. The van der Waals surface area contributed by atoms with E-state index in [1.165, 1.54) is 10.7 Å². The van der Waals surface area contributed by atoms with E-state index in [1.807, 2.05) is 10.6 Å². The standard InChI is InChI=1S/C20H23N7O2/c28-18-5-4-17(26-10-1-8-22-26)23-27(18)14-15-6-11-24(12-7-15)19-20(29)25(13-9-21-19)16-2-3-16/h1,4-5,8-10,13,15-16H,2-3,6-7,11-12,14H2. The number of hydrogen-bond acceptors (Lipinski definition) is 6. The predicted molar refractivity (Wildman–Crippen MR) is 107 cm³/mol. The highest BCUT2D eigenvalue weighted by molar-refractivity contribution is 5.36. The maximum Gasteiger partial charge on any atom is 0.293 e. The highest BCUT2D eigenvalue weighted by Crippen LogP contribution is 2.33. The van der Waals surface area contributed by atoms with Crippen LogP contribution in [0.1, 0.15) is 31.7 Å². The Kier molecular flexibility index (Phi) is 4.49. The van der Waals surface area contributed by atoms with E-state index >= 15 is 0 Å². The number of aromatic nitrogens is 6. The summed E-state index contributed by atoms with van der Waals surface area (Å²) >= 11 is 0. The summed E-state index contributed by atoms with van der Waals surface area (Å²) in [4.78, 5) is 31.4. The van der Waals surface area contributed by atoms with Crippen LogP contribution in [-0.4, -0.2) is 42.2 Å². The molecule has 9 nitrogen and oxygen atoms in total. The molecule has 0 spiro atoms. The van der Waals surface area contributed by atoms with Crippen molar-refractivity contribution < 1.29 is 0 Å². The first kappa shape index (κ1) is 17.8. The van der Waals surface area contributed by atoms with E-state index in [0.29, 0.717) is 30.1 Å². The van der Waals surface area contributed by atoms with E-state index in [0.717, 1.165) is 38.8 Å². The minimum Gasteiger partial charge on any atom is -0.352 e. The molecular weight excluding hydrogens is 370 g/mol. The summed E-state index contributed by atoms with van der Waals surface area (Å²) < 4.78 is 4.99. The monoisotopic (exact) mass is 393 g/mol. The SMILES string of the molecule is O=c1c(N2CCC(Cn3nc(-n4cccn4)ccc3=O)CC2)nccn1C1CC1. The average molecular weight is 393 g/mol. The summed E-state index contributed by atoms with van der Waals surface area (Å²) in [7, 11) is 0. The van der Waals surface area contributed by atoms with Gasteiger partial charge in [-0.3, -0.25) is 9.59 Å². The second-order valence-corrected chi connectivity index (χ2v) is 7.79. The average Bonchev–Trinajstić information content (AvgIpc) is 3.43. The lowest BCUT2D eigenvalue weighted by molar-refractivity contribution is 0.333. The first-order chi connectivity index (χ1) is 14.2. The van der Waals surface area contributed by atoms with Gasteiger partial charge in [0.25, 0.3) is 11.1 Å². The molecule has 1 saturated heterocycles. The van der Waals surface area contributed by atoms with Crippen LogP contribution in [0, 0.1) is 5.92 Å². The van der Waals surface area contributed by atoms with E-state index < -0.39 is 0 Å². The van der Waals surface area contributed by atoms with Crippen molar-refractivity contribution in [2.45, 2.75) is 38.3 Å². The molecule has 3 aromatic heterocycles. The molecule has 3 aromatic rings. The molecule has 0 aromatic carbocycles. The van der Waals surface area contributed by atoms with Crippen LogP contribution in [0.25, 0.3) is 5.82 Å². The fraction of sp³-hybridized carbons (Fsp3) is 0.450. The molecule has 4 heterocycles. The van der Waals surface area contributed by atoms with E-state index in [9.17, 15) is 9.59 Å². The van der Waals surface area contributed by atoms with Gasteiger partial charge >= 0.3 is 0 Å². The molecule has 1 aliphatic carbocycles. The molecule has 2 aliphatic rings. The zero-order valence-electron chi connectivity index (χ0n) is 16.1. The summed E-state index contributed by atoms with van der Waals surface area (Å²) in [5.41, 5.74) is -0.0985. The summed E-state index contributed by atoms with van der Waals surface area (Å²) in [5.74, 6) is 1.51. The molecule has 5 rings (SSSR count). The van der Waals surface area contributed by atoms with Gasteiger partial charge in [0.15, 0.2) is 11.6 Å². The Morgan fingerprint density at radius 1 is 1.00 bits per heavy atom. The van der Waals surface area contributed by atoms with Gasteiger partial charge < -0.3 is 9.47 Å². The lowest BCUT2D eigenvalue weighted by atomic mass is 9.97.